The van der Waals surface area contributed by atoms with E-state index in [0.717, 1.165) is 29.3 Å². The van der Waals surface area contributed by atoms with Gasteiger partial charge in [-0.2, -0.15) is 15.6 Å². The van der Waals surface area contributed by atoms with E-state index >= 15 is 0 Å². The zero-order valence-electron chi connectivity index (χ0n) is 18.7. The van der Waals surface area contributed by atoms with Crippen molar-refractivity contribution in [3.8, 4) is 34.4 Å². The summed E-state index contributed by atoms with van der Waals surface area (Å²) in [5, 5.41) is 24.8. The predicted molar refractivity (Wildman–Crippen MR) is 128 cm³/mol. The Morgan fingerprint density at radius 1 is 1.06 bits per heavy atom. The molecule has 1 aliphatic heterocycles. The fourth-order valence-electron chi connectivity index (χ4n) is 4.55. The molecule has 0 unspecified atom stereocenters. The Morgan fingerprint density at radius 2 is 1.82 bits per heavy atom. The van der Waals surface area contributed by atoms with Crippen LogP contribution in [0.3, 0.4) is 0 Å². The first kappa shape index (κ1) is 21.6. The van der Waals surface area contributed by atoms with E-state index in [1.54, 1.807) is 16.9 Å². The van der Waals surface area contributed by atoms with E-state index < -0.39 is 5.82 Å². The lowest BCUT2D eigenvalue weighted by Gasteiger charge is -2.32. The van der Waals surface area contributed by atoms with Crippen molar-refractivity contribution in [2.75, 3.05) is 18.0 Å². The van der Waals surface area contributed by atoms with Gasteiger partial charge in [-0.3, -0.25) is 4.68 Å². The maximum atomic E-state index is 14.7. The Morgan fingerprint density at radius 3 is 2.53 bits per heavy atom. The molecule has 7 nitrogen and oxygen atoms in total. The molecule has 3 heterocycles. The topological polar surface area (TPSA) is 108 Å². The fourth-order valence-corrected chi connectivity index (χ4v) is 4.55. The lowest BCUT2D eigenvalue weighted by Crippen LogP contribution is -2.40. The van der Waals surface area contributed by atoms with E-state index in [1.165, 1.54) is 12.1 Å². The fraction of sp³-hybridized carbons (Fsp3) is 0.231. The highest BCUT2D eigenvalue weighted by molar-refractivity contribution is 5.93. The van der Waals surface area contributed by atoms with Crippen LogP contribution in [-0.4, -0.2) is 33.9 Å². The first-order valence-corrected chi connectivity index (χ1v) is 11.1. The minimum absolute atomic E-state index is 0.0418. The normalized spacial score (nSPS) is 14.2. The minimum atomic E-state index is -0.625. The van der Waals surface area contributed by atoms with Crippen molar-refractivity contribution in [2.45, 2.75) is 18.9 Å². The molecule has 8 heteroatoms. The molecule has 0 amide bonds. The number of nitrogens with two attached hydrogens (primary N) is 1. The van der Waals surface area contributed by atoms with Gasteiger partial charge in [-0.25, -0.2) is 9.37 Å². The molecule has 168 valence electrons. The number of anilines is 1. The molecule has 0 bridgehead atoms. The minimum Gasteiger partial charge on any atom is -0.355 e. The van der Waals surface area contributed by atoms with Crippen LogP contribution < -0.4 is 10.6 Å². The van der Waals surface area contributed by atoms with Gasteiger partial charge in [-0.05, 0) is 48.2 Å². The Hall–Kier alpha value is -4.27. The number of piperidine rings is 1. The van der Waals surface area contributed by atoms with Crippen molar-refractivity contribution in [3.63, 3.8) is 0 Å². The molecule has 0 spiro atoms. The van der Waals surface area contributed by atoms with Crippen molar-refractivity contribution in [2.24, 2.45) is 12.8 Å². The highest BCUT2D eigenvalue weighted by atomic mass is 19.1. The predicted octanol–water partition coefficient (Wildman–Crippen LogP) is 4.11. The second-order valence-electron chi connectivity index (χ2n) is 8.56. The highest BCUT2D eigenvalue weighted by Gasteiger charge is 2.25. The number of rotatable bonds is 3. The summed E-state index contributed by atoms with van der Waals surface area (Å²) < 4.78 is 16.4. The molecule has 5 rings (SSSR count). The maximum absolute atomic E-state index is 14.7. The average molecular weight is 452 g/mol. The molecular formula is C26H22FN7. The van der Waals surface area contributed by atoms with Gasteiger partial charge in [0.25, 0.3) is 0 Å². The van der Waals surface area contributed by atoms with Gasteiger partial charge in [0.2, 0.25) is 0 Å². The number of aromatic nitrogens is 3. The summed E-state index contributed by atoms with van der Waals surface area (Å²) >= 11 is 0. The molecule has 2 aromatic heterocycles. The zero-order chi connectivity index (χ0) is 23.8. The average Bonchev–Trinajstić information content (AvgIpc) is 3.22. The summed E-state index contributed by atoms with van der Waals surface area (Å²) in [5.74, 6) is -0.0553. The van der Waals surface area contributed by atoms with E-state index in [0.29, 0.717) is 41.2 Å². The second kappa shape index (κ2) is 8.58. The van der Waals surface area contributed by atoms with Gasteiger partial charge >= 0.3 is 0 Å². The molecule has 1 saturated heterocycles. The summed E-state index contributed by atoms with van der Waals surface area (Å²) in [6.07, 6.45) is 5.29. The van der Waals surface area contributed by atoms with E-state index in [1.807, 2.05) is 37.5 Å². The molecule has 0 radical (unpaired) electrons. The van der Waals surface area contributed by atoms with Crippen LogP contribution in [-0.2, 0) is 7.05 Å². The van der Waals surface area contributed by atoms with E-state index in [4.69, 9.17) is 10.7 Å². The standard InChI is InChI=1S/C26H22FN7/c1-33-15-19-10-16(4-5-24(19)32-33)22-14-31-26(34-8-6-20(30)7-9-34)21(13-29)25(22)17-2-3-18(12-28)23(27)11-17/h2-5,10-11,14-15,20H,6-9,30H2,1H3. The molecule has 2 N–H and O–H groups in total. The number of hydrogen-bond acceptors (Lipinski definition) is 6. The Balaban J connectivity index is 1.74. The largest absolute Gasteiger partial charge is 0.355 e. The van der Waals surface area contributed by atoms with Gasteiger partial charge in [-0.1, -0.05) is 12.1 Å². The van der Waals surface area contributed by atoms with Crippen molar-refractivity contribution < 1.29 is 4.39 Å². The lowest BCUT2D eigenvalue weighted by molar-refractivity contribution is 0.498. The monoisotopic (exact) mass is 451 g/mol. The molecule has 1 aliphatic rings. The number of benzene rings is 2. The van der Waals surface area contributed by atoms with Gasteiger partial charge in [0.1, 0.15) is 29.3 Å². The van der Waals surface area contributed by atoms with Gasteiger partial charge in [0.15, 0.2) is 0 Å². The number of aryl methyl sites for hydroxylation is 1. The lowest BCUT2D eigenvalue weighted by atomic mass is 9.91. The number of halogens is 1. The molecular weight excluding hydrogens is 429 g/mol. The zero-order valence-corrected chi connectivity index (χ0v) is 18.7. The molecule has 1 fully saturated rings. The van der Waals surface area contributed by atoms with E-state index in [-0.39, 0.29) is 11.6 Å². The molecule has 2 aromatic carbocycles. The Bertz CT molecular complexity index is 1480. The van der Waals surface area contributed by atoms with Crippen LogP contribution >= 0.6 is 0 Å². The number of nitriles is 2. The summed E-state index contributed by atoms with van der Waals surface area (Å²) in [6, 6.07) is 14.6. The van der Waals surface area contributed by atoms with E-state index in [2.05, 4.69) is 16.1 Å². The smallest absolute Gasteiger partial charge is 0.147 e. The van der Waals surface area contributed by atoms with Gasteiger partial charge in [-0.15, -0.1) is 0 Å². The first-order chi connectivity index (χ1) is 16.5. The summed E-state index contributed by atoms with van der Waals surface area (Å²) in [7, 11) is 1.86. The number of pyridine rings is 1. The van der Waals surface area contributed by atoms with Crippen LogP contribution in [0.15, 0.2) is 48.8 Å². The van der Waals surface area contributed by atoms with Crippen molar-refractivity contribution >= 4 is 16.7 Å². The van der Waals surface area contributed by atoms with Crippen molar-refractivity contribution in [3.05, 3.63) is 65.7 Å². The highest BCUT2D eigenvalue weighted by Crippen LogP contribution is 2.39. The quantitative estimate of drug-likeness (QED) is 0.502. The van der Waals surface area contributed by atoms with Crippen LogP contribution in [0.4, 0.5) is 10.2 Å². The first-order valence-electron chi connectivity index (χ1n) is 11.1. The second-order valence-corrected chi connectivity index (χ2v) is 8.56. The number of nitrogens with zero attached hydrogens (tertiary/aromatic N) is 6. The third-order valence-electron chi connectivity index (χ3n) is 6.32. The van der Waals surface area contributed by atoms with Crippen molar-refractivity contribution in [1.29, 1.82) is 10.5 Å². The van der Waals surface area contributed by atoms with Crippen LogP contribution in [0.5, 0.6) is 0 Å². The van der Waals surface area contributed by atoms with Crippen LogP contribution in [0, 0.1) is 28.5 Å². The van der Waals surface area contributed by atoms with Crippen LogP contribution in [0.2, 0.25) is 0 Å². The molecule has 0 saturated carbocycles. The van der Waals surface area contributed by atoms with Gasteiger partial charge in [0, 0.05) is 55.1 Å². The Kier molecular flexibility index (Phi) is 5.45. The summed E-state index contributed by atoms with van der Waals surface area (Å²) in [5.41, 5.74) is 9.93. The number of hydrogen-bond donors (Lipinski definition) is 1. The maximum Gasteiger partial charge on any atom is 0.147 e. The summed E-state index contributed by atoms with van der Waals surface area (Å²) in [4.78, 5) is 6.77. The van der Waals surface area contributed by atoms with E-state index in [9.17, 15) is 14.9 Å². The molecule has 0 atom stereocenters. The third kappa shape index (κ3) is 3.75. The van der Waals surface area contributed by atoms with Crippen LogP contribution in [0.25, 0.3) is 33.2 Å². The molecule has 34 heavy (non-hydrogen) atoms. The summed E-state index contributed by atoms with van der Waals surface area (Å²) in [6.45, 7) is 1.40. The Labute approximate surface area is 196 Å². The molecule has 4 aromatic rings. The van der Waals surface area contributed by atoms with Crippen molar-refractivity contribution in [1.82, 2.24) is 14.8 Å². The SMILES string of the molecule is Cn1cc2cc(-c3cnc(N4CCC(N)CC4)c(C#N)c3-c3ccc(C#N)c(F)c3)ccc2n1. The van der Waals surface area contributed by atoms with Crippen LogP contribution in [0.1, 0.15) is 24.0 Å². The third-order valence-corrected chi connectivity index (χ3v) is 6.32. The van der Waals surface area contributed by atoms with Gasteiger partial charge < -0.3 is 10.6 Å². The number of fused-ring (bicyclic) bond motifs is 1. The molecule has 0 aliphatic carbocycles. The van der Waals surface area contributed by atoms with Gasteiger partial charge in [0.05, 0.1) is 11.1 Å².